The minimum atomic E-state index is -4.32. The third-order valence-corrected chi connectivity index (χ3v) is 2.36. The molecule has 0 fully saturated rings. The maximum absolute atomic E-state index is 12.2. The molecule has 5 heteroatoms. The highest BCUT2D eigenvalue weighted by atomic mass is 127. The normalized spacial score (nSPS) is 16.4. The highest BCUT2D eigenvalue weighted by molar-refractivity contribution is 14.1. The van der Waals surface area contributed by atoms with Crippen LogP contribution in [0.1, 0.15) is 18.1 Å². The van der Waals surface area contributed by atoms with Crippen molar-refractivity contribution in [3.63, 3.8) is 0 Å². The SMILES string of the molecule is C[C@@](O)(I)c1ccc(C(F)(F)F)cc1. The summed E-state index contributed by atoms with van der Waals surface area (Å²) in [6.45, 7) is 1.51. The smallest absolute Gasteiger partial charge is 0.376 e. The van der Waals surface area contributed by atoms with Crippen LogP contribution in [0, 0.1) is 0 Å². The van der Waals surface area contributed by atoms with Gasteiger partial charge in [-0.15, -0.1) is 0 Å². The van der Waals surface area contributed by atoms with Gasteiger partial charge in [0.2, 0.25) is 0 Å². The van der Waals surface area contributed by atoms with Crippen molar-refractivity contribution in [2.24, 2.45) is 0 Å². The van der Waals surface area contributed by atoms with E-state index in [1.54, 1.807) is 22.6 Å². The monoisotopic (exact) mass is 316 g/mol. The quantitative estimate of drug-likeness (QED) is 0.623. The van der Waals surface area contributed by atoms with E-state index in [0.29, 0.717) is 5.56 Å². The molecule has 78 valence electrons. The average Bonchev–Trinajstić information content (AvgIpc) is 2.01. The molecular formula is C9H8F3IO. The highest BCUT2D eigenvalue weighted by Gasteiger charge is 2.30. The number of hydrogen-bond donors (Lipinski definition) is 1. The Morgan fingerprint density at radius 1 is 1.07 bits per heavy atom. The minimum absolute atomic E-state index is 0.450. The van der Waals surface area contributed by atoms with Gasteiger partial charge in [0.1, 0.15) is 3.61 Å². The summed E-state index contributed by atoms with van der Waals surface area (Å²) in [5, 5.41) is 9.49. The van der Waals surface area contributed by atoms with Crippen molar-refractivity contribution in [1.82, 2.24) is 0 Å². The lowest BCUT2D eigenvalue weighted by Crippen LogP contribution is -2.12. The second kappa shape index (κ2) is 3.69. The van der Waals surface area contributed by atoms with E-state index in [2.05, 4.69) is 0 Å². The second-order valence-electron chi connectivity index (χ2n) is 3.03. The van der Waals surface area contributed by atoms with Crippen LogP contribution >= 0.6 is 22.6 Å². The number of halogens is 4. The van der Waals surface area contributed by atoms with Gasteiger partial charge in [0, 0.05) is 0 Å². The molecule has 0 heterocycles. The van der Waals surface area contributed by atoms with Crippen LogP contribution in [-0.4, -0.2) is 5.11 Å². The molecule has 0 aliphatic rings. The molecule has 0 unspecified atom stereocenters. The first-order chi connectivity index (χ1) is 6.21. The van der Waals surface area contributed by atoms with Crippen molar-refractivity contribution < 1.29 is 18.3 Å². The summed E-state index contributed by atoms with van der Waals surface area (Å²) in [7, 11) is 0. The summed E-state index contributed by atoms with van der Waals surface area (Å²) in [5.74, 6) is 0. The molecule has 1 nitrogen and oxygen atoms in total. The molecule has 0 radical (unpaired) electrons. The predicted octanol–water partition coefficient (Wildman–Crippen LogP) is 3.31. The van der Waals surface area contributed by atoms with Crippen LogP contribution in [0.15, 0.2) is 24.3 Å². The van der Waals surface area contributed by atoms with Crippen LogP contribution in [0.25, 0.3) is 0 Å². The van der Waals surface area contributed by atoms with Crippen LogP contribution in [0.4, 0.5) is 13.2 Å². The number of benzene rings is 1. The van der Waals surface area contributed by atoms with Crippen molar-refractivity contribution in [3.05, 3.63) is 35.4 Å². The topological polar surface area (TPSA) is 20.2 Å². The minimum Gasteiger partial charge on any atom is -0.376 e. The molecule has 14 heavy (non-hydrogen) atoms. The Labute approximate surface area is 93.1 Å². The van der Waals surface area contributed by atoms with Crippen molar-refractivity contribution in [3.8, 4) is 0 Å². The molecule has 1 atom stereocenters. The lowest BCUT2D eigenvalue weighted by Gasteiger charge is -2.16. The first-order valence-corrected chi connectivity index (χ1v) is 4.88. The lowest BCUT2D eigenvalue weighted by molar-refractivity contribution is -0.137. The zero-order valence-electron chi connectivity index (χ0n) is 7.27. The Morgan fingerprint density at radius 2 is 1.43 bits per heavy atom. The van der Waals surface area contributed by atoms with Gasteiger partial charge in [-0.3, -0.25) is 0 Å². The first kappa shape index (κ1) is 11.8. The second-order valence-corrected chi connectivity index (χ2v) is 5.13. The number of aliphatic hydroxyl groups is 1. The molecule has 1 aromatic carbocycles. The van der Waals surface area contributed by atoms with Gasteiger partial charge >= 0.3 is 6.18 Å². The van der Waals surface area contributed by atoms with E-state index in [0.717, 1.165) is 12.1 Å². The van der Waals surface area contributed by atoms with E-state index < -0.39 is 15.3 Å². The van der Waals surface area contributed by atoms with Gasteiger partial charge in [-0.05, 0) is 47.2 Å². The first-order valence-electron chi connectivity index (χ1n) is 3.80. The standard InChI is InChI=1S/C9H8F3IO/c1-8(13,14)6-2-4-7(5-3-6)9(10,11)12/h2-5,14H,1H3/t8-/m0/s1. The summed E-state index contributed by atoms with van der Waals surface area (Å²) in [4.78, 5) is 0. The molecule has 0 amide bonds. The Bertz CT molecular complexity index is 277. The van der Waals surface area contributed by atoms with Gasteiger partial charge in [-0.1, -0.05) is 12.1 Å². The van der Waals surface area contributed by atoms with Crippen LogP contribution in [0.3, 0.4) is 0 Å². The van der Waals surface area contributed by atoms with Crippen molar-refractivity contribution in [1.29, 1.82) is 0 Å². The fraction of sp³-hybridized carbons (Fsp3) is 0.333. The summed E-state index contributed by atoms with van der Waals surface area (Å²) in [6.07, 6.45) is -4.32. The van der Waals surface area contributed by atoms with E-state index in [1.807, 2.05) is 0 Å². The highest BCUT2D eigenvalue weighted by Crippen LogP contribution is 2.32. The molecular weight excluding hydrogens is 308 g/mol. The predicted molar refractivity (Wildman–Crippen MR) is 55.0 cm³/mol. The van der Waals surface area contributed by atoms with Gasteiger partial charge in [0.25, 0.3) is 0 Å². The van der Waals surface area contributed by atoms with E-state index in [9.17, 15) is 18.3 Å². The molecule has 0 spiro atoms. The molecule has 1 aromatic rings. The van der Waals surface area contributed by atoms with Crippen LogP contribution in [0.5, 0.6) is 0 Å². The zero-order valence-corrected chi connectivity index (χ0v) is 9.43. The summed E-state index contributed by atoms with van der Waals surface area (Å²) in [6, 6.07) is 4.47. The number of alkyl halides is 4. The fourth-order valence-electron chi connectivity index (χ4n) is 0.963. The Hall–Kier alpha value is -0.300. The van der Waals surface area contributed by atoms with Crippen molar-refractivity contribution >= 4 is 22.6 Å². The Kier molecular flexibility index (Phi) is 3.10. The molecule has 0 saturated carbocycles. The molecule has 0 bridgehead atoms. The average molecular weight is 316 g/mol. The van der Waals surface area contributed by atoms with Crippen molar-refractivity contribution in [2.45, 2.75) is 16.7 Å². The molecule has 1 rings (SSSR count). The van der Waals surface area contributed by atoms with Gasteiger partial charge < -0.3 is 5.11 Å². The molecule has 1 N–H and O–H groups in total. The third-order valence-electron chi connectivity index (χ3n) is 1.74. The van der Waals surface area contributed by atoms with Crippen LogP contribution in [0.2, 0.25) is 0 Å². The summed E-state index contributed by atoms with van der Waals surface area (Å²) in [5.41, 5.74) is -0.256. The van der Waals surface area contributed by atoms with E-state index in [4.69, 9.17) is 0 Å². The van der Waals surface area contributed by atoms with Crippen molar-refractivity contribution in [2.75, 3.05) is 0 Å². The Balaban J connectivity index is 3.02. The summed E-state index contributed by atoms with van der Waals surface area (Å²) < 4.78 is 35.3. The van der Waals surface area contributed by atoms with Gasteiger partial charge in [-0.25, -0.2) is 0 Å². The van der Waals surface area contributed by atoms with Crippen LogP contribution < -0.4 is 0 Å². The number of rotatable bonds is 1. The van der Waals surface area contributed by atoms with Gasteiger partial charge in [0.05, 0.1) is 5.56 Å². The van der Waals surface area contributed by atoms with Gasteiger partial charge in [-0.2, -0.15) is 13.2 Å². The maximum atomic E-state index is 12.2. The molecule has 0 saturated heterocycles. The fourth-order valence-corrected chi connectivity index (χ4v) is 1.32. The lowest BCUT2D eigenvalue weighted by atomic mass is 10.1. The van der Waals surface area contributed by atoms with Gasteiger partial charge in [0.15, 0.2) is 0 Å². The third kappa shape index (κ3) is 2.84. The van der Waals surface area contributed by atoms with E-state index >= 15 is 0 Å². The molecule has 0 aromatic heterocycles. The van der Waals surface area contributed by atoms with Crippen LogP contribution in [-0.2, 0) is 9.78 Å². The molecule has 0 aliphatic heterocycles. The summed E-state index contributed by atoms with van der Waals surface area (Å²) >= 11 is 1.75. The molecule has 0 aliphatic carbocycles. The maximum Gasteiger partial charge on any atom is 0.416 e. The zero-order chi connectivity index (χ0) is 11.0. The number of hydrogen-bond acceptors (Lipinski definition) is 1. The van der Waals surface area contributed by atoms with E-state index in [-0.39, 0.29) is 0 Å². The Morgan fingerprint density at radius 3 is 1.71 bits per heavy atom. The van der Waals surface area contributed by atoms with E-state index in [1.165, 1.54) is 19.1 Å². The largest absolute Gasteiger partial charge is 0.416 e.